The van der Waals surface area contributed by atoms with Crippen LogP contribution in [0.3, 0.4) is 0 Å². The van der Waals surface area contributed by atoms with Crippen LogP contribution in [0.2, 0.25) is 0 Å². The first-order chi connectivity index (χ1) is 15.4. The summed E-state index contributed by atoms with van der Waals surface area (Å²) in [5.74, 6) is -0.813. The van der Waals surface area contributed by atoms with Gasteiger partial charge >= 0.3 is 17.8 Å². The normalized spacial score (nSPS) is 13.9. The minimum absolute atomic E-state index is 0.184. The predicted molar refractivity (Wildman–Crippen MR) is 118 cm³/mol. The first-order valence-corrected chi connectivity index (χ1v) is 10.4. The molecule has 3 N–H and O–H groups in total. The third kappa shape index (κ3) is 6.69. The summed E-state index contributed by atoms with van der Waals surface area (Å²) in [5, 5.41) is 8.01. The number of nitrogens with one attached hydrogen (secondary N) is 3. The van der Waals surface area contributed by atoms with E-state index in [0.717, 1.165) is 11.3 Å². The SMILES string of the molecule is COc1ccc(CNC(=O)C(=O)NCC2CCN(C(=O)Nc3ccc(F)cc3)CC2)cc1. The number of piperidine rings is 1. The fourth-order valence-electron chi connectivity index (χ4n) is 3.40. The smallest absolute Gasteiger partial charge is 0.321 e. The molecule has 0 radical (unpaired) electrons. The second kappa shape index (κ2) is 11.1. The second-order valence-electron chi connectivity index (χ2n) is 7.61. The molecule has 1 fully saturated rings. The van der Waals surface area contributed by atoms with Gasteiger partial charge in [-0.05, 0) is 60.7 Å². The van der Waals surface area contributed by atoms with Crippen molar-refractivity contribution in [3.05, 3.63) is 59.9 Å². The van der Waals surface area contributed by atoms with Crippen LogP contribution in [-0.4, -0.2) is 49.5 Å². The quantitative estimate of drug-likeness (QED) is 0.599. The predicted octanol–water partition coefficient (Wildman–Crippen LogP) is 2.51. The largest absolute Gasteiger partial charge is 0.497 e. The van der Waals surface area contributed by atoms with Gasteiger partial charge in [0.2, 0.25) is 0 Å². The molecule has 8 nitrogen and oxygen atoms in total. The topological polar surface area (TPSA) is 99.8 Å². The molecule has 1 aliphatic rings. The fourth-order valence-corrected chi connectivity index (χ4v) is 3.40. The van der Waals surface area contributed by atoms with Gasteiger partial charge < -0.3 is 25.6 Å². The minimum atomic E-state index is -0.683. The Morgan fingerprint density at radius 1 is 0.969 bits per heavy atom. The number of rotatable bonds is 6. The maximum atomic E-state index is 13.0. The highest BCUT2D eigenvalue weighted by atomic mass is 19.1. The van der Waals surface area contributed by atoms with Crippen LogP contribution in [0.4, 0.5) is 14.9 Å². The highest BCUT2D eigenvalue weighted by Gasteiger charge is 2.24. The number of carbonyl (C=O) groups is 3. The molecule has 0 unspecified atom stereocenters. The first-order valence-electron chi connectivity index (χ1n) is 10.4. The van der Waals surface area contributed by atoms with Crippen LogP contribution in [0.25, 0.3) is 0 Å². The van der Waals surface area contributed by atoms with Gasteiger partial charge in [-0.2, -0.15) is 0 Å². The maximum Gasteiger partial charge on any atom is 0.321 e. The van der Waals surface area contributed by atoms with Crippen LogP contribution in [0.1, 0.15) is 18.4 Å². The summed E-state index contributed by atoms with van der Waals surface area (Å²) in [7, 11) is 1.58. The summed E-state index contributed by atoms with van der Waals surface area (Å²) in [6.07, 6.45) is 1.43. The van der Waals surface area contributed by atoms with Gasteiger partial charge in [-0.1, -0.05) is 12.1 Å². The van der Waals surface area contributed by atoms with Gasteiger partial charge in [0, 0.05) is 31.9 Å². The van der Waals surface area contributed by atoms with Gasteiger partial charge in [-0.25, -0.2) is 9.18 Å². The lowest BCUT2D eigenvalue weighted by atomic mass is 9.97. The summed E-state index contributed by atoms with van der Waals surface area (Å²) >= 11 is 0. The van der Waals surface area contributed by atoms with Crippen molar-refractivity contribution >= 4 is 23.5 Å². The van der Waals surface area contributed by atoms with Crippen molar-refractivity contribution in [1.29, 1.82) is 0 Å². The van der Waals surface area contributed by atoms with Crippen molar-refractivity contribution < 1.29 is 23.5 Å². The third-order valence-electron chi connectivity index (χ3n) is 5.37. The van der Waals surface area contributed by atoms with Crippen LogP contribution in [0.15, 0.2) is 48.5 Å². The number of hydrogen-bond acceptors (Lipinski definition) is 4. The number of ether oxygens (including phenoxy) is 1. The van der Waals surface area contributed by atoms with E-state index in [-0.39, 0.29) is 24.3 Å². The van der Waals surface area contributed by atoms with E-state index in [1.54, 1.807) is 24.1 Å². The molecule has 2 aromatic rings. The van der Waals surface area contributed by atoms with Crippen LogP contribution in [0.5, 0.6) is 5.75 Å². The number of methoxy groups -OCH3 is 1. The summed E-state index contributed by atoms with van der Waals surface area (Å²) in [5.41, 5.74) is 1.39. The molecule has 1 aliphatic heterocycles. The van der Waals surface area contributed by atoms with Gasteiger partial charge in [0.1, 0.15) is 11.6 Å². The first kappa shape index (κ1) is 23.1. The van der Waals surface area contributed by atoms with E-state index in [9.17, 15) is 18.8 Å². The van der Waals surface area contributed by atoms with E-state index in [1.807, 2.05) is 12.1 Å². The third-order valence-corrected chi connectivity index (χ3v) is 5.37. The number of urea groups is 1. The molecule has 9 heteroatoms. The Morgan fingerprint density at radius 2 is 1.59 bits per heavy atom. The zero-order valence-corrected chi connectivity index (χ0v) is 17.9. The number of likely N-dealkylation sites (tertiary alicyclic amines) is 1. The number of halogens is 1. The van der Waals surface area contributed by atoms with Crippen LogP contribution in [-0.2, 0) is 16.1 Å². The summed E-state index contributed by atoms with van der Waals surface area (Å²) in [6.45, 7) is 1.70. The molecular weight excluding hydrogens is 415 g/mol. The molecule has 1 saturated heterocycles. The van der Waals surface area contributed by atoms with E-state index in [2.05, 4.69) is 16.0 Å². The van der Waals surface area contributed by atoms with Crippen molar-refractivity contribution in [3.8, 4) is 5.75 Å². The molecular formula is C23H27FN4O4. The molecule has 0 saturated carbocycles. The molecule has 3 rings (SSSR count). The average Bonchev–Trinajstić information content (AvgIpc) is 2.83. The fraction of sp³-hybridized carbons (Fsp3) is 0.348. The highest BCUT2D eigenvalue weighted by molar-refractivity contribution is 6.35. The standard InChI is InChI=1S/C23H27FN4O4/c1-32-20-8-2-16(3-9-20)14-25-21(29)22(30)26-15-17-10-12-28(13-11-17)23(31)27-19-6-4-18(24)5-7-19/h2-9,17H,10-15H2,1H3,(H,25,29)(H,26,30)(H,27,31). The Balaban J connectivity index is 1.34. The zero-order valence-electron chi connectivity index (χ0n) is 17.9. The molecule has 0 bridgehead atoms. The number of anilines is 1. The maximum absolute atomic E-state index is 13.0. The van der Waals surface area contributed by atoms with E-state index in [1.165, 1.54) is 24.3 Å². The molecule has 170 valence electrons. The van der Waals surface area contributed by atoms with Crippen molar-refractivity contribution in [2.24, 2.45) is 5.92 Å². The Kier molecular flexibility index (Phi) is 8.02. The Hall–Kier alpha value is -3.62. The zero-order chi connectivity index (χ0) is 22.9. The molecule has 0 atom stereocenters. The van der Waals surface area contributed by atoms with Gasteiger partial charge in [0.05, 0.1) is 7.11 Å². The van der Waals surface area contributed by atoms with Crippen molar-refractivity contribution in [3.63, 3.8) is 0 Å². The average molecular weight is 442 g/mol. The molecule has 32 heavy (non-hydrogen) atoms. The Morgan fingerprint density at radius 3 is 2.22 bits per heavy atom. The number of benzene rings is 2. The summed E-state index contributed by atoms with van der Waals surface area (Å²) < 4.78 is 18.0. The van der Waals surface area contributed by atoms with Crippen LogP contribution >= 0.6 is 0 Å². The lowest BCUT2D eigenvalue weighted by Crippen LogP contribution is -2.45. The van der Waals surface area contributed by atoms with Gasteiger partial charge in [-0.15, -0.1) is 0 Å². The molecule has 0 aliphatic carbocycles. The molecule has 1 heterocycles. The van der Waals surface area contributed by atoms with E-state index in [0.29, 0.717) is 38.2 Å². The van der Waals surface area contributed by atoms with Crippen LogP contribution in [0, 0.1) is 11.7 Å². The summed E-state index contributed by atoms with van der Waals surface area (Å²) in [4.78, 5) is 38.1. The van der Waals surface area contributed by atoms with Crippen molar-refractivity contribution in [2.45, 2.75) is 19.4 Å². The van der Waals surface area contributed by atoms with Crippen molar-refractivity contribution in [1.82, 2.24) is 15.5 Å². The van der Waals surface area contributed by atoms with Crippen LogP contribution < -0.4 is 20.7 Å². The van der Waals surface area contributed by atoms with E-state index in [4.69, 9.17) is 4.74 Å². The van der Waals surface area contributed by atoms with E-state index < -0.39 is 11.8 Å². The number of nitrogens with zero attached hydrogens (tertiary/aromatic N) is 1. The lowest BCUT2D eigenvalue weighted by Gasteiger charge is -2.32. The lowest BCUT2D eigenvalue weighted by molar-refractivity contribution is -0.139. The van der Waals surface area contributed by atoms with Gasteiger partial charge in [0.25, 0.3) is 0 Å². The van der Waals surface area contributed by atoms with Gasteiger partial charge in [0.15, 0.2) is 0 Å². The molecule has 4 amide bonds. The molecule has 0 aromatic heterocycles. The summed E-state index contributed by atoms with van der Waals surface area (Å²) in [6, 6.07) is 12.6. The monoisotopic (exact) mass is 442 g/mol. The minimum Gasteiger partial charge on any atom is -0.497 e. The Bertz CT molecular complexity index is 926. The molecule has 2 aromatic carbocycles. The second-order valence-corrected chi connectivity index (χ2v) is 7.61. The number of hydrogen-bond donors (Lipinski definition) is 3. The molecule has 0 spiro atoms. The Labute approximate surface area is 186 Å². The number of amides is 4. The number of carbonyl (C=O) groups excluding carboxylic acids is 3. The highest BCUT2D eigenvalue weighted by Crippen LogP contribution is 2.18. The van der Waals surface area contributed by atoms with E-state index >= 15 is 0 Å². The van der Waals surface area contributed by atoms with Crippen molar-refractivity contribution in [2.75, 3.05) is 32.1 Å². The van der Waals surface area contributed by atoms with Gasteiger partial charge in [-0.3, -0.25) is 9.59 Å².